The van der Waals surface area contributed by atoms with Gasteiger partial charge >= 0.3 is 0 Å². The largest absolute Gasteiger partial charge is 0.496 e. The van der Waals surface area contributed by atoms with Crippen molar-refractivity contribution in [2.75, 3.05) is 18.7 Å². The first-order chi connectivity index (χ1) is 11.6. The van der Waals surface area contributed by atoms with E-state index in [1.807, 2.05) is 55.6 Å². The summed E-state index contributed by atoms with van der Waals surface area (Å²) in [7, 11) is 1.60. The van der Waals surface area contributed by atoms with Gasteiger partial charge in [0.15, 0.2) is 0 Å². The van der Waals surface area contributed by atoms with Gasteiger partial charge in [-0.1, -0.05) is 24.3 Å². The molecular weight excluding hydrogens is 320 g/mol. The number of rotatable bonds is 5. The van der Waals surface area contributed by atoms with Crippen molar-refractivity contribution in [2.24, 2.45) is 0 Å². The van der Waals surface area contributed by atoms with E-state index in [1.54, 1.807) is 31.0 Å². The molecule has 4 nitrogen and oxygen atoms in total. The van der Waals surface area contributed by atoms with Gasteiger partial charge in [0.1, 0.15) is 17.4 Å². The van der Waals surface area contributed by atoms with E-state index in [0.717, 1.165) is 16.0 Å². The maximum atomic E-state index is 12.3. The minimum absolute atomic E-state index is 0.0391. The molecule has 0 atom stereocenters. The number of aryl methyl sites for hydroxylation is 1. The molecule has 5 heteroatoms. The quantitative estimate of drug-likeness (QED) is 0.502. The van der Waals surface area contributed by atoms with Gasteiger partial charge in [-0.25, -0.2) is 0 Å². The lowest BCUT2D eigenvalue weighted by atomic mass is 10.1. The van der Waals surface area contributed by atoms with E-state index in [1.165, 1.54) is 0 Å². The van der Waals surface area contributed by atoms with Gasteiger partial charge in [0.25, 0.3) is 5.91 Å². The van der Waals surface area contributed by atoms with E-state index >= 15 is 0 Å². The first kappa shape index (κ1) is 17.6. The van der Waals surface area contributed by atoms with E-state index in [0.29, 0.717) is 11.4 Å². The minimum Gasteiger partial charge on any atom is -0.496 e. The van der Waals surface area contributed by atoms with Crippen molar-refractivity contribution in [3.63, 3.8) is 0 Å². The number of ether oxygens (including phenoxy) is 1. The molecule has 2 rings (SSSR count). The number of thioether (sulfide) groups is 1. The third-order valence-electron chi connectivity index (χ3n) is 3.48. The van der Waals surface area contributed by atoms with Crippen molar-refractivity contribution in [1.29, 1.82) is 5.26 Å². The molecule has 0 saturated heterocycles. The Bertz CT molecular complexity index is 822. The molecule has 0 aromatic heterocycles. The number of nitrogens with zero attached hydrogens (tertiary/aromatic N) is 1. The van der Waals surface area contributed by atoms with Crippen molar-refractivity contribution in [1.82, 2.24) is 0 Å². The molecule has 0 unspecified atom stereocenters. The van der Waals surface area contributed by atoms with Gasteiger partial charge in [-0.15, -0.1) is 11.8 Å². The van der Waals surface area contributed by atoms with Crippen LogP contribution in [0.4, 0.5) is 5.69 Å². The zero-order valence-electron chi connectivity index (χ0n) is 13.8. The molecule has 0 aliphatic rings. The summed E-state index contributed by atoms with van der Waals surface area (Å²) < 4.78 is 5.33. The predicted octanol–water partition coefficient (Wildman–Crippen LogP) is 4.27. The van der Waals surface area contributed by atoms with Crippen molar-refractivity contribution in [3.8, 4) is 11.8 Å². The SMILES string of the molecule is COc1cc(C=C(C#N)C(=O)Nc2ccccc2C)ccc1SC. The number of hydrogen-bond acceptors (Lipinski definition) is 4. The molecule has 0 spiro atoms. The van der Waals surface area contributed by atoms with Crippen LogP contribution in [0.3, 0.4) is 0 Å². The summed E-state index contributed by atoms with van der Waals surface area (Å²) in [4.78, 5) is 13.3. The molecule has 0 aliphatic heterocycles. The highest BCUT2D eigenvalue weighted by molar-refractivity contribution is 7.98. The van der Waals surface area contributed by atoms with E-state index in [2.05, 4.69) is 5.32 Å². The molecule has 0 fully saturated rings. The number of carbonyl (C=O) groups is 1. The van der Waals surface area contributed by atoms with Gasteiger partial charge in [0.05, 0.1) is 7.11 Å². The van der Waals surface area contributed by atoms with E-state index < -0.39 is 5.91 Å². The van der Waals surface area contributed by atoms with Crippen LogP contribution in [0.15, 0.2) is 52.9 Å². The van der Waals surface area contributed by atoms with Crippen LogP contribution in [0.1, 0.15) is 11.1 Å². The molecule has 122 valence electrons. The molecule has 2 aromatic carbocycles. The summed E-state index contributed by atoms with van der Waals surface area (Å²) in [6.07, 6.45) is 3.52. The summed E-state index contributed by atoms with van der Waals surface area (Å²) in [6, 6.07) is 15.0. The van der Waals surface area contributed by atoms with E-state index in [9.17, 15) is 10.1 Å². The number of amides is 1. The van der Waals surface area contributed by atoms with Crippen LogP contribution < -0.4 is 10.1 Å². The smallest absolute Gasteiger partial charge is 0.266 e. The Morgan fingerprint density at radius 1 is 1.29 bits per heavy atom. The van der Waals surface area contributed by atoms with Gasteiger partial charge in [-0.3, -0.25) is 4.79 Å². The highest BCUT2D eigenvalue weighted by Crippen LogP contribution is 2.29. The number of benzene rings is 2. The molecule has 1 N–H and O–H groups in total. The van der Waals surface area contributed by atoms with Crippen LogP contribution in [-0.4, -0.2) is 19.3 Å². The van der Waals surface area contributed by atoms with Crippen LogP contribution in [0.25, 0.3) is 6.08 Å². The third kappa shape index (κ3) is 4.18. The van der Waals surface area contributed by atoms with Crippen LogP contribution in [-0.2, 0) is 4.79 Å². The van der Waals surface area contributed by atoms with Gasteiger partial charge in [-0.05, 0) is 48.6 Å². The Hall–Kier alpha value is -2.71. The summed E-state index contributed by atoms with van der Waals surface area (Å²) in [6.45, 7) is 1.90. The Kier molecular flexibility index (Phi) is 6.05. The van der Waals surface area contributed by atoms with Gasteiger partial charge in [0.2, 0.25) is 0 Å². The van der Waals surface area contributed by atoms with Gasteiger partial charge in [-0.2, -0.15) is 5.26 Å². The number of carbonyl (C=O) groups excluding carboxylic acids is 1. The Morgan fingerprint density at radius 2 is 2.04 bits per heavy atom. The van der Waals surface area contributed by atoms with Crippen LogP contribution in [0.2, 0.25) is 0 Å². The van der Waals surface area contributed by atoms with E-state index in [-0.39, 0.29) is 5.57 Å². The Morgan fingerprint density at radius 3 is 2.67 bits per heavy atom. The molecule has 0 saturated carbocycles. The fourth-order valence-electron chi connectivity index (χ4n) is 2.16. The number of para-hydroxylation sites is 1. The molecule has 0 radical (unpaired) electrons. The fraction of sp³-hybridized carbons (Fsp3) is 0.158. The minimum atomic E-state index is -0.431. The molecule has 0 aliphatic carbocycles. The summed E-state index contributed by atoms with van der Waals surface area (Å²) in [5.41, 5.74) is 2.41. The molecule has 2 aromatic rings. The zero-order chi connectivity index (χ0) is 17.5. The molecule has 0 heterocycles. The standard InChI is InChI=1S/C19H18N2O2S/c1-13-6-4-5-7-16(13)21-19(22)15(12-20)10-14-8-9-18(24-3)17(11-14)23-2/h4-11H,1-3H3,(H,21,22). The second kappa shape index (κ2) is 8.23. The highest BCUT2D eigenvalue weighted by atomic mass is 32.2. The number of methoxy groups -OCH3 is 1. The van der Waals surface area contributed by atoms with Gasteiger partial charge < -0.3 is 10.1 Å². The summed E-state index contributed by atoms with van der Waals surface area (Å²) in [5, 5.41) is 12.1. The topological polar surface area (TPSA) is 62.1 Å². The summed E-state index contributed by atoms with van der Waals surface area (Å²) >= 11 is 1.57. The second-order valence-electron chi connectivity index (χ2n) is 5.05. The third-order valence-corrected chi connectivity index (χ3v) is 4.25. The number of anilines is 1. The lowest BCUT2D eigenvalue weighted by Crippen LogP contribution is -2.14. The van der Waals surface area contributed by atoms with Crippen molar-refractivity contribution in [2.45, 2.75) is 11.8 Å². The summed E-state index contributed by atoms with van der Waals surface area (Å²) in [5.74, 6) is 0.285. The van der Waals surface area contributed by atoms with Crippen LogP contribution in [0, 0.1) is 18.3 Å². The lowest BCUT2D eigenvalue weighted by molar-refractivity contribution is -0.112. The maximum absolute atomic E-state index is 12.3. The van der Waals surface area contributed by atoms with Gasteiger partial charge in [0, 0.05) is 10.6 Å². The average Bonchev–Trinajstić information content (AvgIpc) is 2.61. The molecule has 0 bridgehead atoms. The second-order valence-corrected chi connectivity index (χ2v) is 5.90. The first-order valence-corrected chi connectivity index (χ1v) is 8.52. The van der Waals surface area contributed by atoms with Crippen LogP contribution in [0.5, 0.6) is 5.75 Å². The molecule has 1 amide bonds. The van der Waals surface area contributed by atoms with Crippen LogP contribution >= 0.6 is 11.8 Å². The predicted molar refractivity (Wildman–Crippen MR) is 98.2 cm³/mol. The zero-order valence-corrected chi connectivity index (χ0v) is 14.6. The number of nitriles is 1. The Balaban J connectivity index is 2.27. The molecule has 24 heavy (non-hydrogen) atoms. The first-order valence-electron chi connectivity index (χ1n) is 7.30. The normalized spacial score (nSPS) is 10.8. The number of hydrogen-bond donors (Lipinski definition) is 1. The Labute approximate surface area is 146 Å². The van der Waals surface area contributed by atoms with E-state index in [4.69, 9.17) is 4.74 Å². The average molecular weight is 338 g/mol. The monoisotopic (exact) mass is 338 g/mol. The van der Waals surface area contributed by atoms with Crippen molar-refractivity contribution in [3.05, 3.63) is 59.2 Å². The fourth-order valence-corrected chi connectivity index (χ4v) is 2.71. The van der Waals surface area contributed by atoms with Crippen molar-refractivity contribution >= 4 is 29.4 Å². The number of nitrogens with one attached hydrogen (secondary N) is 1. The van der Waals surface area contributed by atoms with Crippen molar-refractivity contribution < 1.29 is 9.53 Å². The highest BCUT2D eigenvalue weighted by Gasteiger charge is 2.11. The maximum Gasteiger partial charge on any atom is 0.266 e. The lowest BCUT2D eigenvalue weighted by Gasteiger charge is -2.08. The molecular formula is C19H18N2O2S.